The van der Waals surface area contributed by atoms with Crippen LogP contribution in [0.4, 0.5) is 0 Å². The van der Waals surface area contributed by atoms with Crippen LogP contribution in [0.25, 0.3) is 10.9 Å². The van der Waals surface area contributed by atoms with Gasteiger partial charge in [-0.3, -0.25) is 14.2 Å². The molecule has 0 atom stereocenters. The topological polar surface area (TPSA) is 51.5 Å². The minimum absolute atomic E-state index is 0.00167. The van der Waals surface area contributed by atoms with Gasteiger partial charge in [0.25, 0.3) is 5.56 Å². The molecule has 4 rings (SSSR count). The molecule has 1 aromatic heterocycles. The molecule has 1 amide bonds. The summed E-state index contributed by atoms with van der Waals surface area (Å²) < 4.78 is 7.18. The van der Waals surface area contributed by atoms with Crippen molar-refractivity contribution in [1.82, 2.24) is 9.47 Å². The van der Waals surface area contributed by atoms with E-state index in [2.05, 4.69) is 31.7 Å². The zero-order valence-corrected chi connectivity index (χ0v) is 20.9. The van der Waals surface area contributed by atoms with Crippen LogP contribution in [0.15, 0.2) is 29.1 Å². The molecule has 5 heteroatoms. The molecule has 2 aromatic rings. The van der Waals surface area contributed by atoms with Crippen LogP contribution in [0.2, 0.25) is 0 Å². The van der Waals surface area contributed by atoms with Crippen LogP contribution < -0.4 is 10.3 Å². The van der Waals surface area contributed by atoms with Crippen molar-refractivity contribution < 1.29 is 9.53 Å². The predicted octanol–water partition coefficient (Wildman–Crippen LogP) is 5.88. The van der Waals surface area contributed by atoms with E-state index in [0.717, 1.165) is 55.1 Å². The fourth-order valence-electron chi connectivity index (χ4n) is 5.60. The van der Waals surface area contributed by atoms with E-state index >= 15 is 0 Å². The SMILES string of the molecule is COc1ccc2cc(C3CCCC3)c(=O)n(CC(=O)N(CCC(C)(C)C)C3CCCC3)c2c1. The molecule has 33 heavy (non-hydrogen) atoms. The van der Waals surface area contributed by atoms with Crippen molar-refractivity contribution in [1.29, 1.82) is 0 Å². The van der Waals surface area contributed by atoms with Crippen LogP contribution >= 0.6 is 0 Å². The van der Waals surface area contributed by atoms with Gasteiger partial charge in [0.2, 0.25) is 5.91 Å². The number of fused-ring (bicyclic) bond motifs is 1. The minimum Gasteiger partial charge on any atom is -0.497 e. The summed E-state index contributed by atoms with van der Waals surface area (Å²) in [5.41, 5.74) is 1.83. The van der Waals surface area contributed by atoms with E-state index in [0.29, 0.717) is 17.7 Å². The third-order valence-electron chi connectivity index (χ3n) is 7.61. The van der Waals surface area contributed by atoms with Gasteiger partial charge in [0.15, 0.2) is 0 Å². The summed E-state index contributed by atoms with van der Waals surface area (Å²) in [5, 5.41) is 1.01. The lowest BCUT2D eigenvalue weighted by atomic mass is 9.92. The highest BCUT2D eigenvalue weighted by Crippen LogP contribution is 2.34. The molecule has 2 aliphatic carbocycles. The van der Waals surface area contributed by atoms with Gasteiger partial charge in [-0.05, 0) is 67.0 Å². The van der Waals surface area contributed by atoms with E-state index in [1.165, 1.54) is 25.7 Å². The molecule has 180 valence electrons. The van der Waals surface area contributed by atoms with E-state index < -0.39 is 0 Å². The Morgan fingerprint density at radius 3 is 2.36 bits per heavy atom. The molecule has 1 heterocycles. The van der Waals surface area contributed by atoms with E-state index in [4.69, 9.17) is 4.74 Å². The van der Waals surface area contributed by atoms with Gasteiger partial charge >= 0.3 is 0 Å². The van der Waals surface area contributed by atoms with Crippen LogP contribution in [0, 0.1) is 5.41 Å². The zero-order valence-electron chi connectivity index (χ0n) is 20.9. The zero-order chi connectivity index (χ0) is 23.6. The van der Waals surface area contributed by atoms with Crippen LogP contribution in [-0.2, 0) is 11.3 Å². The summed E-state index contributed by atoms with van der Waals surface area (Å²) in [6.07, 6.45) is 9.93. The number of benzene rings is 1. The molecule has 0 unspecified atom stereocenters. The molecule has 0 bridgehead atoms. The monoisotopic (exact) mass is 452 g/mol. The number of carbonyl (C=O) groups is 1. The van der Waals surface area contributed by atoms with E-state index in [1.807, 2.05) is 18.2 Å². The molecule has 0 N–H and O–H groups in total. The van der Waals surface area contributed by atoms with Crippen molar-refractivity contribution in [3.8, 4) is 5.75 Å². The highest BCUT2D eigenvalue weighted by molar-refractivity contribution is 5.84. The number of methoxy groups -OCH3 is 1. The number of aromatic nitrogens is 1. The third-order valence-corrected chi connectivity index (χ3v) is 7.61. The smallest absolute Gasteiger partial charge is 0.255 e. The first-order valence-electron chi connectivity index (χ1n) is 12.8. The Morgan fingerprint density at radius 1 is 1.06 bits per heavy atom. The first-order chi connectivity index (χ1) is 15.8. The van der Waals surface area contributed by atoms with E-state index in [9.17, 15) is 9.59 Å². The van der Waals surface area contributed by atoms with Crippen molar-refractivity contribution in [2.45, 2.75) is 97.1 Å². The second-order valence-electron chi connectivity index (χ2n) is 11.2. The summed E-state index contributed by atoms with van der Waals surface area (Å²) in [7, 11) is 1.63. The first-order valence-corrected chi connectivity index (χ1v) is 12.8. The van der Waals surface area contributed by atoms with Gasteiger partial charge in [0.05, 0.1) is 12.6 Å². The van der Waals surface area contributed by atoms with Gasteiger partial charge in [0.1, 0.15) is 12.3 Å². The second-order valence-corrected chi connectivity index (χ2v) is 11.2. The Balaban J connectivity index is 1.72. The molecule has 5 nitrogen and oxygen atoms in total. The molecular weight excluding hydrogens is 412 g/mol. The lowest BCUT2D eigenvalue weighted by Gasteiger charge is -2.32. The maximum Gasteiger partial charge on any atom is 0.255 e. The molecule has 0 spiro atoms. The summed E-state index contributed by atoms with van der Waals surface area (Å²) in [6, 6.07) is 8.21. The Labute approximate surface area is 198 Å². The fourth-order valence-corrected chi connectivity index (χ4v) is 5.60. The molecule has 0 aliphatic heterocycles. The average molecular weight is 453 g/mol. The quantitative estimate of drug-likeness (QED) is 0.527. The van der Waals surface area contributed by atoms with Crippen molar-refractivity contribution >= 4 is 16.8 Å². The summed E-state index contributed by atoms with van der Waals surface area (Å²) in [5.74, 6) is 1.08. The lowest BCUT2D eigenvalue weighted by molar-refractivity contribution is -0.134. The minimum atomic E-state index is -0.00167. The van der Waals surface area contributed by atoms with E-state index in [-0.39, 0.29) is 23.4 Å². The van der Waals surface area contributed by atoms with Gasteiger partial charge in [-0.25, -0.2) is 0 Å². The van der Waals surface area contributed by atoms with Crippen LogP contribution in [0.1, 0.15) is 90.0 Å². The van der Waals surface area contributed by atoms with Crippen molar-refractivity contribution in [2.75, 3.05) is 13.7 Å². The Kier molecular flexibility index (Phi) is 7.16. The summed E-state index contributed by atoms with van der Waals surface area (Å²) in [6.45, 7) is 7.52. The fraction of sp³-hybridized carbons (Fsp3) is 0.643. The molecule has 2 saturated carbocycles. The average Bonchev–Trinajstić information content (AvgIpc) is 3.49. The highest BCUT2D eigenvalue weighted by atomic mass is 16.5. The second kappa shape index (κ2) is 9.90. The van der Waals surface area contributed by atoms with Gasteiger partial charge < -0.3 is 9.64 Å². The Hall–Kier alpha value is -2.30. The molecule has 2 fully saturated rings. The maximum absolute atomic E-state index is 13.7. The Morgan fingerprint density at radius 2 is 1.73 bits per heavy atom. The highest BCUT2D eigenvalue weighted by Gasteiger charge is 2.29. The number of rotatable bonds is 7. The lowest BCUT2D eigenvalue weighted by Crippen LogP contribution is -2.44. The van der Waals surface area contributed by atoms with Gasteiger partial charge in [-0.1, -0.05) is 46.5 Å². The maximum atomic E-state index is 13.7. The molecule has 1 aromatic carbocycles. The van der Waals surface area contributed by atoms with Crippen molar-refractivity contribution in [2.24, 2.45) is 5.41 Å². The molecule has 2 aliphatic rings. The molecule has 0 saturated heterocycles. The molecular formula is C28H40N2O3. The predicted molar refractivity (Wildman–Crippen MR) is 134 cm³/mol. The first kappa shape index (κ1) is 23.8. The standard InChI is InChI=1S/C28H40N2O3/c1-28(2,3)15-16-29(22-11-7-8-12-22)26(31)19-30-25-18-23(33-4)14-13-21(25)17-24(27(30)32)20-9-5-6-10-20/h13-14,17-18,20,22H,5-12,15-16,19H2,1-4H3. The van der Waals surface area contributed by atoms with Crippen molar-refractivity contribution in [3.05, 3.63) is 40.2 Å². The number of ether oxygens (including phenoxy) is 1. The third kappa shape index (κ3) is 5.44. The number of amides is 1. The number of pyridine rings is 1. The summed E-state index contributed by atoms with van der Waals surface area (Å²) in [4.78, 5) is 29.5. The largest absolute Gasteiger partial charge is 0.497 e. The van der Waals surface area contributed by atoms with Gasteiger partial charge in [-0.2, -0.15) is 0 Å². The number of nitrogens with zero attached hydrogens (tertiary/aromatic N) is 2. The summed E-state index contributed by atoms with van der Waals surface area (Å²) >= 11 is 0. The van der Waals surface area contributed by atoms with Gasteiger partial charge in [0, 0.05) is 24.2 Å². The van der Waals surface area contributed by atoms with E-state index in [1.54, 1.807) is 11.7 Å². The van der Waals surface area contributed by atoms with Crippen LogP contribution in [-0.4, -0.2) is 35.1 Å². The van der Waals surface area contributed by atoms with Crippen LogP contribution in [0.5, 0.6) is 5.75 Å². The van der Waals surface area contributed by atoms with Crippen LogP contribution in [0.3, 0.4) is 0 Å². The number of hydrogen-bond acceptors (Lipinski definition) is 3. The molecule has 0 radical (unpaired) electrons. The normalized spacial score (nSPS) is 17.7. The van der Waals surface area contributed by atoms with Crippen molar-refractivity contribution in [3.63, 3.8) is 0 Å². The Bertz CT molecular complexity index is 1040. The number of carbonyl (C=O) groups excluding carboxylic acids is 1. The van der Waals surface area contributed by atoms with Gasteiger partial charge in [-0.15, -0.1) is 0 Å². The number of hydrogen-bond donors (Lipinski definition) is 0.